The Morgan fingerprint density at radius 1 is 0.311 bits per heavy atom. The first kappa shape index (κ1) is 38.1. The summed E-state index contributed by atoms with van der Waals surface area (Å²) in [7, 11) is 0. The highest BCUT2D eigenvalue weighted by molar-refractivity contribution is 6.92. The van der Waals surface area contributed by atoms with Crippen molar-refractivity contribution in [1.82, 2.24) is 8.96 Å². The van der Waals surface area contributed by atoms with Crippen molar-refractivity contribution in [3.05, 3.63) is 218 Å². The summed E-state index contributed by atoms with van der Waals surface area (Å²) >= 11 is 0. The number of aromatic nitrogens is 2. The third kappa shape index (κ3) is 4.35. The lowest BCUT2D eigenvalue weighted by molar-refractivity contribution is 0.670. The van der Waals surface area contributed by atoms with E-state index in [0.29, 0.717) is 0 Å². The molecule has 0 aliphatic carbocycles. The minimum Gasteiger partial charge on any atom is -0.455 e. The van der Waals surface area contributed by atoms with Crippen LogP contribution in [-0.4, -0.2) is 22.7 Å². The van der Waals surface area contributed by atoms with Crippen LogP contribution in [0.1, 0.15) is 0 Å². The van der Waals surface area contributed by atoms with E-state index in [-0.39, 0.29) is 13.7 Å². The van der Waals surface area contributed by atoms with Gasteiger partial charge in [-0.25, -0.2) is 0 Å². The second-order valence-electron chi connectivity index (χ2n) is 20.6. The quantitative estimate of drug-likeness (QED) is 0.162. The zero-order valence-electron chi connectivity index (χ0n) is 39.5. The SMILES string of the molecule is c1ccc(N2c3ccccc3B3c4c2cc2c(oc5ccccc52)c4-c2c4c5ccccc5n5c4c(c4c6ccccc6n3c24)-c2c3c(cc4c2oc2ccccc24)N(c2ccccc2)c2ccccc2B35)cc1. The average Bonchev–Trinajstić information content (AvgIpc) is 4.32. The minimum absolute atomic E-state index is 0.186. The summed E-state index contributed by atoms with van der Waals surface area (Å²) in [5, 5.41) is 9.33. The fraction of sp³-hybridized carbons (Fsp3) is 0. The van der Waals surface area contributed by atoms with Gasteiger partial charge in [0.15, 0.2) is 0 Å². The number of anilines is 6. The summed E-state index contributed by atoms with van der Waals surface area (Å²) in [6.07, 6.45) is 0. The van der Waals surface area contributed by atoms with Gasteiger partial charge in [-0.2, -0.15) is 0 Å². The lowest BCUT2D eigenvalue weighted by atomic mass is 9.44. The molecule has 0 spiro atoms. The summed E-state index contributed by atoms with van der Waals surface area (Å²) in [5.41, 5.74) is 25.1. The fourth-order valence-corrected chi connectivity index (χ4v) is 14.6. The highest BCUT2D eigenvalue weighted by Gasteiger charge is 2.50. The first-order valence-electron chi connectivity index (χ1n) is 25.7. The number of rotatable bonds is 2. The molecule has 8 heterocycles. The van der Waals surface area contributed by atoms with Crippen molar-refractivity contribution in [2.45, 2.75) is 0 Å². The van der Waals surface area contributed by atoms with Crippen LogP contribution >= 0.6 is 0 Å². The van der Waals surface area contributed by atoms with Crippen molar-refractivity contribution < 1.29 is 8.83 Å². The van der Waals surface area contributed by atoms with Crippen LogP contribution in [0.3, 0.4) is 0 Å². The molecule has 0 saturated carbocycles. The second-order valence-corrected chi connectivity index (χ2v) is 20.6. The van der Waals surface area contributed by atoms with Crippen LogP contribution in [0.25, 0.3) is 110 Å². The Hall–Kier alpha value is -9.65. The molecule has 8 heteroatoms. The number of hydrogen-bond donors (Lipinski definition) is 0. The standard InChI is InChI=1S/C66H36B2N4O2/c1-3-19-37(20-4-1)69-49-31-15-11-27-45(49)67-61-51(69)35-43-39-23-9-17-33-53(39)73-65(43)59(61)57-55-42-26-8-14-30-48(42)72-64(55)58(56-41-25-7-13-29-47(41)71(67)63(56)57)60-62-52(36-44-40-24-10-18-34-54(40)74-66(44)60)70(38-21-5-2-6-22-38)50-32-16-12-28-46(50)68(62)72/h1-36H. The summed E-state index contributed by atoms with van der Waals surface area (Å²) in [5.74, 6) is 0. The first-order chi connectivity index (χ1) is 36.8. The molecule has 6 nitrogen and oxygen atoms in total. The summed E-state index contributed by atoms with van der Waals surface area (Å²) in [4.78, 5) is 5.01. The van der Waals surface area contributed by atoms with Crippen molar-refractivity contribution in [3.8, 4) is 22.3 Å². The van der Waals surface area contributed by atoms with Gasteiger partial charge in [0, 0.05) is 122 Å². The van der Waals surface area contributed by atoms with E-state index in [4.69, 9.17) is 8.83 Å². The van der Waals surface area contributed by atoms with Gasteiger partial charge in [0.05, 0.1) is 0 Å². The number of hydrogen-bond acceptors (Lipinski definition) is 4. The van der Waals surface area contributed by atoms with Crippen molar-refractivity contribution in [2.24, 2.45) is 0 Å². The average molecular weight is 939 g/mol. The van der Waals surface area contributed by atoms with Crippen LogP contribution in [0.2, 0.25) is 0 Å². The monoisotopic (exact) mass is 938 g/mol. The molecule has 0 atom stereocenters. The van der Waals surface area contributed by atoms with E-state index >= 15 is 0 Å². The molecular weight excluding hydrogens is 902 g/mol. The molecule has 0 fully saturated rings. The predicted molar refractivity (Wildman–Crippen MR) is 308 cm³/mol. The molecule has 0 unspecified atom stereocenters. The topological polar surface area (TPSA) is 42.6 Å². The van der Waals surface area contributed by atoms with E-state index in [1.165, 1.54) is 99.3 Å². The predicted octanol–water partition coefficient (Wildman–Crippen LogP) is 14.5. The fourth-order valence-electron chi connectivity index (χ4n) is 14.6. The highest BCUT2D eigenvalue weighted by Crippen LogP contribution is 2.58. The zero-order valence-corrected chi connectivity index (χ0v) is 39.5. The van der Waals surface area contributed by atoms with Gasteiger partial charge in [-0.15, -0.1) is 0 Å². The molecule has 0 saturated heterocycles. The molecule has 19 rings (SSSR count). The van der Waals surface area contributed by atoms with Gasteiger partial charge in [0.25, 0.3) is 0 Å². The lowest BCUT2D eigenvalue weighted by Crippen LogP contribution is -2.57. The van der Waals surface area contributed by atoms with Gasteiger partial charge < -0.3 is 27.6 Å². The molecule has 4 aromatic heterocycles. The van der Waals surface area contributed by atoms with Gasteiger partial charge >= 0.3 is 13.7 Å². The molecule has 4 aliphatic rings. The molecule has 338 valence electrons. The lowest BCUT2D eigenvalue weighted by Gasteiger charge is -2.41. The molecule has 0 amide bonds. The Morgan fingerprint density at radius 2 is 0.689 bits per heavy atom. The minimum atomic E-state index is -0.186. The molecule has 11 aromatic carbocycles. The van der Waals surface area contributed by atoms with Crippen LogP contribution in [0.4, 0.5) is 34.1 Å². The summed E-state index contributed by atoms with van der Waals surface area (Å²) in [6.45, 7) is -0.372. The number of furan rings is 2. The Kier molecular flexibility index (Phi) is 6.82. The molecule has 0 bridgehead atoms. The Bertz CT molecular complexity index is 4750. The number of para-hydroxylation sites is 8. The van der Waals surface area contributed by atoms with E-state index in [1.54, 1.807) is 0 Å². The van der Waals surface area contributed by atoms with E-state index in [1.807, 2.05) is 0 Å². The normalized spacial score (nSPS) is 13.8. The van der Waals surface area contributed by atoms with Gasteiger partial charge in [-0.05, 0) is 94.6 Å². The van der Waals surface area contributed by atoms with Crippen LogP contribution in [0.5, 0.6) is 0 Å². The second kappa shape index (κ2) is 13.2. The summed E-state index contributed by atoms with van der Waals surface area (Å²) in [6, 6.07) is 80.4. The van der Waals surface area contributed by atoms with Gasteiger partial charge in [0.2, 0.25) is 0 Å². The molecular formula is C66H36B2N4O2. The third-order valence-electron chi connectivity index (χ3n) is 17.2. The van der Waals surface area contributed by atoms with Crippen LogP contribution in [0, 0.1) is 0 Å². The maximum atomic E-state index is 7.37. The molecule has 74 heavy (non-hydrogen) atoms. The van der Waals surface area contributed by atoms with Crippen LogP contribution in [-0.2, 0) is 0 Å². The van der Waals surface area contributed by atoms with Crippen molar-refractivity contribution in [3.63, 3.8) is 0 Å². The molecule has 0 radical (unpaired) electrons. The van der Waals surface area contributed by atoms with Crippen molar-refractivity contribution in [1.29, 1.82) is 0 Å². The Morgan fingerprint density at radius 3 is 1.15 bits per heavy atom. The first-order valence-corrected chi connectivity index (χ1v) is 25.7. The Labute approximate surface area is 423 Å². The largest absolute Gasteiger partial charge is 0.455 e. The smallest absolute Gasteiger partial charge is 0.333 e. The highest BCUT2D eigenvalue weighted by atomic mass is 16.3. The van der Waals surface area contributed by atoms with E-state index in [9.17, 15) is 0 Å². The van der Waals surface area contributed by atoms with Crippen LogP contribution < -0.4 is 31.7 Å². The summed E-state index contributed by atoms with van der Waals surface area (Å²) < 4.78 is 20.2. The maximum Gasteiger partial charge on any atom is 0.333 e. The zero-order chi connectivity index (χ0) is 47.7. The van der Waals surface area contributed by atoms with Gasteiger partial charge in [-0.1, -0.05) is 146 Å². The maximum absolute atomic E-state index is 7.37. The number of fused-ring (bicyclic) bond motifs is 24. The number of benzene rings is 11. The molecule has 4 aliphatic heterocycles. The molecule has 0 N–H and O–H groups in total. The van der Waals surface area contributed by atoms with E-state index < -0.39 is 0 Å². The van der Waals surface area contributed by atoms with E-state index in [0.717, 1.165) is 66.4 Å². The van der Waals surface area contributed by atoms with E-state index in [2.05, 4.69) is 237 Å². The van der Waals surface area contributed by atoms with Gasteiger partial charge in [0.1, 0.15) is 22.3 Å². The molecule has 15 aromatic rings. The van der Waals surface area contributed by atoms with Crippen LogP contribution in [0.15, 0.2) is 227 Å². The Balaban J connectivity index is 1.11. The number of nitrogens with zero attached hydrogens (tertiary/aromatic N) is 4. The van der Waals surface area contributed by atoms with Crippen molar-refractivity contribution >= 4 is 157 Å². The van der Waals surface area contributed by atoms with Crippen molar-refractivity contribution in [2.75, 3.05) is 9.80 Å². The van der Waals surface area contributed by atoms with Gasteiger partial charge in [-0.3, -0.25) is 0 Å². The third-order valence-corrected chi connectivity index (χ3v) is 17.2.